The highest BCUT2D eigenvalue weighted by molar-refractivity contribution is 5.87. The Morgan fingerprint density at radius 2 is 1.81 bits per heavy atom. The predicted octanol–water partition coefficient (Wildman–Crippen LogP) is 3.42. The van der Waals surface area contributed by atoms with Gasteiger partial charge in [0, 0.05) is 6.04 Å². The van der Waals surface area contributed by atoms with Gasteiger partial charge in [-0.15, -0.1) is 0 Å². The molecule has 1 aromatic carbocycles. The van der Waals surface area contributed by atoms with E-state index < -0.39 is 5.97 Å². The smallest absolute Gasteiger partial charge is 0.335 e. The Kier molecular flexibility index (Phi) is 5.62. The van der Waals surface area contributed by atoms with Crippen molar-refractivity contribution in [3.8, 4) is 5.75 Å². The molecule has 2 unspecified atom stereocenters. The van der Waals surface area contributed by atoms with Crippen LogP contribution in [0.1, 0.15) is 49.9 Å². The zero-order valence-electron chi connectivity index (χ0n) is 12.9. The van der Waals surface area contributed by atoms with Crippen molar-refractivity contribution in [2.45, 2.75) is 51.7 Å². The topological polar surface area (TPSA) is 49.8 Å². The number of hydrogen-bond donors (Lipinski definition) is 1. The molecular weight excluding hydrogens is 266 g/mol. The number of carboxylic acids is 1. The van der Waals surface area contributed by atoms with Crippen molar-refractivity contribution in [1.29, 1.82) is 0 Å². The predicted molar refractivity (Wildman–Crippen MR) is 83.0 cm³/mol. The maximum absolute atomic E-state index is 10.9. The molecule has 2 rings (SSSR count). The average Bonchev–Trinajstić information content (AvgIpc) is 2.50. The number of carboxylic acid groups (broad SMARTS) is 1. The van der Waals surface area contributed by atoms with Gasteiger partial charge in [0.25, 0.3) is 0 Å². The highest BCUT2D eigenvalue weighted by atomic mass is 16.5. The number of rotatable bonds is 6. The molecule has 0 aliphatic heterocycles. The molecule has 1 aliphatic rings. The van der Waals surface area contributed by atoms with Crippen LogP contribution in [0.5, 0.6) is 5.75 Å². The average molecular weight is 291 g/mol. The van der Waals surface area contributed by atoms with Gasteiger partial charge in [-0.05, 0) is 56.6 Å². The van der Waals surface area contributed by atoms with Crippen LogP contribution < -0.4 is 4.74 Å². The maximum Gasteiger partial charge on any atom is 0.335 e. The van der Waals surface area contributed by atoms with Crippen molar-refractivity contribution in [3.05, 3.63) is 29.8 Å². The van der Waals surface area contributed by atoms with E-state index in [-0.39, 0.29) is 6.10 Å². The van der Waals surface area contributed by atoms with Gasteiger partial charge in [-0.1, -0.05) is 20.3 Å². The highest BCUT2D eigenvalue weighted by Crippen LogP contribution is 2.27. The number of nitrogens with zero attached hydrogens (tertiary/aromatic N) is 1. The van der Waals surface area contributed by atoms with Crippen LogP contribution in [-0.2, 0) is 0 Å². The molecule has 4 heteroatoms. The standard InChI is InChI=1S/C17H25NO3/c1-3-18(4-2)15-7-5-6-8-16(15)21-14-11-9-13(10-12-14)17(19)20/h9-12,15-16H,3-8H2,1-2H3,(H,19,20). The van der Waals surface area contributed by atoms with E-state index in [0.29, 0.717) is 11.6 Å². The summed E-state index contributed by atoms with van der Waals surface area (Å²) in [5.41, 5.74) is 0.297. The van der Waals surface area contributed by atoms with Crippen LogP contribution in [0.4, 0.5) is 0 Å². The molecule has 21 heavy (non-hydrogen) atoms. The number of aromatic carboxylic acids is 1. The first-order valence-electron chi connectivity index (χ1n) is 7.89. The lowest BCUT2D eigenvalue weighted by Gasteiger charge is -2.39. The van der Waals surface area contributed by atoms with Gasteiger partial charge in [0.15, 0.2) is 0 Å². The number of likely N-dealkylation sites (N-methyl/N-ethyl adjacent to an activating group) is 1. The van der Waals surface area contributed by atoms with Crippen molar-refractivity contribution in [2.24, 2.45) is 0 Å². The fourth-order valence-corrected chi connectivity index (χ4v) is 3.18. The molecule has 0 heterocycles. The Morgan fingerprint density at radius 3 is 2.38 bits per heavy atom. The van der Waals surface area contributed by atoms with Gasteiger partial charge in [-0.25, -0.2) is 4.79 Å². The summed E-state index contributed by atoms with van der Waals surface area (Å²) in [7, 11) is 0. The Bertz CT molecular complexity index is 454. The lowest BCUT2D eigenvalue weighted by Crippen LogP contribution is -2.47. The molecule has 0 amide bonds. The fraction of sp³-hybridized carbons (Fsp3) is 0.588. The van der Waals surface area contributed by atoms with Gasteiger partial charge in [0.05, 0.1) is 5.56 Å². The van der Waals surface area contributed by atoms with Gasteiger partial charge in [-0.3, -0.25) is 4.90 Å². The van der Waals surface area contributed by atoms with Gasteiger partial charge in [0.1, 0.15) is 11.9 Å². The fourth-order valence-electron chi connectivity index (χ4n) is 3.18. The van der Waals surface area contributed by atoms with Gasteiger partial charge in [-0.2, -0.15) is 0 Å². The van der Waals surface area contributed by atoms with Gasteiger partial charge < -0.3 is 9.84 Å². The Morgan fingerprint density at radius 1 is 1.19 bits per heavy atom. The monoisotopic (exact) mass is 291 g/mol. The molecular formula is C17H25NO3. The third kappa shape index (κ3) is 3.97. The molecule has 1 aromatic rings. The van der Waals surface area contributed by atoms with E-state index in [1.54, 1.807) is 24.3 Å². The molecule has 2 atom stereocenters. The first-order chi connectivity index (χ1) is 10.2. The van der Waals surface area contributed by atoms with Crippen LogP contribution in [-0.4, -0.2) is 41.2 Å². The van der Waals surface area contributed by atoms with Crippen LogP contribution in [0.3, 0.4) is 0 Å². The third-order valence-electron chi connectivity index (χ3n) is 4.34. The number of benzene rings is 1. The molecule has 116 valence electrons. The summed E-state index contributed by atoms with van der Waals surface area (Å²) in [5.74, 6) is -0.135. The molecule has 1 saturated carbocycles. The Labute approximate surface area is 126 Å². The lowest BCUT2D eigenvalue weighted by atomic mass is 9.91. The third-order valence-corrected chi connectivity index (χ3v) is 4.34. The van der Waals surface area contributed by atoms with Crippen LogP contribution in [0.25, 0.3) is 0 Å². The molecule has 1 fully saturated rings. The van der Waals surface area contributed by atoms with Crippen LogP contribution in [0, 0.1) is 0 Å². The molecule has 0 aromatic heterocycles. The van der Waals surface area contributed by atoms with Gasteiger partial charge in [0.2, 0.25) is 0 Å². The van der Waals surface area contributed by atoms with Crippen molar-refractivity contribution in [1.82, 2.24) is 4.90 Å². The lowest BCUT2D eigenvalue weighted by molar-refractivity contribution is 0.0413. The summed E-state index contributed by atoms with van der Waals surface area (Å²) in [5, 5.41) is 8.93. The summed E-state index contributed by atoms with van der Waals surface area (Å²) in [6.07, 6.45) is 4.92. The van der Waals surface area contributed by atoms with E-state index >= 15 is 0 Å². The quantitative estimate of drug-likeness (QED) is 0.872. The van der Waals surface area contributed by atoms with Crippen LogP contribution in [0.2, 0.25) is 0 Å². The van der Waals surface area contributed by atoms with E-state index in [1.165, 1.54) is 19.3 Å². The summed E-state index contributed by atoms with van der Waals surface area (Å²) >= 11 is 0. The minimum absolute atomic E-state index is 0.203. The first kappa shape index (κ1) is 15.8. The van der Waals surface area contributed by atoms with Crippen molar-refractivity contribution >= 4 is 5.97 Å². The summed E-state index contributed by atoms with van der Waals surface area (Å²) in [6.45, 7) is 6.46. The first-order valence-corrected chi connectivity index (χ1v) is 7.89. The molecule has 1 aliphatic carbocycles. The SMILES string of the molecule is CCN(CC)C1CCCCC1Oc1ccc(C(=O)O)cc1. The largest absolute Gasteiger partial charge is 0.489 e. The van der Waals surface area contributed by atoms with Crippen molar-refractivity contribution < 1.29 is 14.6 Å². The van der Waals surface area contributed by atoms with E-state index in [2.05, 4.69) is 18.7 Å². The molecule has 4 nitrogen and oxygen atoms in total. The summed E-state index contributed by atoms with van der Waals surface area (Å²) in [4.78, 5) is 13.3. The zero-order chi connectivity index (χ0) is 15.2. The van der Waals surface area contributed by atoms with Crippen LogP contribution in [0.15, 0.2) is 24.3 Å². The number of ether oxygens (including phenoxy) is 1. The normalized spacial score (nSPS) is 22.2. The maximum atomic E-state index is 10.9. The second kappa shape index (κ2) is 7.46. The Hall–Kier alpha value is -1.55. The zero-order valence-corrected chi connectivity index (χ0v) is 12.9. The Balaban J connectivity index is 2.06. The molecule has 0 saturated heterocycles. The van der Waals surface area contributed by atoms with E-state index in [1.807, 2.05) is 0 Å². The van der Waals surface area contributed by atoms with Crippen LogP contribution >= 0.6 is 0 Å². The molecule has 1 N–H and O–H groups in total. The van der Waals surface area contributed by atoms with E-state index in [9.17, 15) is 4.79 Å². The number of carbonyl (C=O) groups is 1. The second-order valence-electron chi connectivity index (χ2n) is 5.56. The minimum Gasteiger partial charge on any atom is -0.489 e. The van der Waals surface area contributed by atoms with Gasteiger partial charge >= 0.3 is 5.97 Å². The minimum atomic E-state index is -0.903. The molecule has 0 bridgehead atoms. The van der Waals surface area contributed by atoms with E-state index in [0.717, 1.165) is 25.3 Å². The number of hydrogen-bond acceptors (Lipinski definition) is 3. The molecule has 0 radical (unpaired) electrons. The van der Waals surface area contributed by atoms with Crippen molar-refractivity contribution in [2.75, 3.05) is 13.1 Å². The molecule has 0 spiro atoms. The second-order valence-corrected chi connectivity index (χ2v) is 5.56. The van der Waals surface area contributed by atoms with E-state index in [4.69, 9.17) is 9.84 Å². The summed E-state index contributed by atoms with van der Waals surface area (Å²) < 4.78 is 6.15. The van der Waals surface area contributed by atoms with Crippen molar-refractivity contribution in [3.63, 3.8) is 0 Å². The summed E-state index contributed by atoms with van der Waals surface area (Å²) in [6, 6.07) is 7.20. The highest BCUT2D eigenvalue weighted by Gasteiger charge is 2.30.